The largest absolute Gasteiger partial charge is 0.416 e. The minimum atomic E-state index is -4.39. The van der Waals surface area contributed by atoms with Gasteiger partial charge in [-0.15, -0.1) is 0 Å². The lowest BCUT2D eigenvalue weighted by Crippen LogP contribution is -2.46. The molecule has 0 spiro atoms. The van der Waals surface area contributed by atoms with Crippen LogP contribution in [-0.4, -0.2) is 17.6 Å². The van der Waals surface area contributed by atoms with Gasteiger partial charge in [-0.1, -0.05) is 48.5 Å². The third-order valence-corrected chi connectivity index (χ3v) is 5.71. The summed E-state index contributed by atoms with van der Waals surface area (Å²) in [6.07, 6.45) is -4.06. The smallest absolute Gasteiger partial charge is 0.376 e. The van der Waals surface area contributed by atoms with Crippen LogP contribution in [0.3, 0.4) is 0 Å². The number of amides is 1. The van der Waals surface area contributed by atoms with Crippen LogP contribution in [0.2, 0.25) is 0 Å². The van der Waals surface area contributed by atoms with Crippen molar-refractivity contribution in [2.75, 3.05) is 11.4 Å². The number of hydrogen-bond acceptors (Lipinski definition) is 2. The molecule has 0 unspecified atom stereocenters. The van der Waals surface area contributed by atoms with Crippen molar-refractivity contribution in [3.8, 4) is 0 Å². The van der Waals surface area contributed by atoms with Crippen LogP contribution < -0.4 is 4.90 Å². The lowest BCUT2D eigenvalue weighted by atomic mass is 9.93. The zero-order valence-electron chi connectivity index (χ0n) is 18.3. The van der Waals surface area contributed by atoms with E-state index in [1.54, 1.807) is 30.3 Å². The Labute approximate surface area is 186 Å². The average molecular weight is 441 g/mol. The standard InChI is InChI=1S/C26H26F3NO2/c1-18-9-14-23(17-19(18)2)30(24(31)25(3,32)21-7-5-4-6-8-21)16-15-20-10-12-22(13-11-20)26(27,28)29/h4-14,17,32H,15-16H2,1-3H3/t25-/m1/s1. The Kier molecular flexibility index (Phi) is 6.74. The molecule has 0 fully saturated rings. The van der Waals surface area contributed by atoms with Gasteiger partial charge in [0.1, 0.15) is 0 Å². The summed E-state index contributed by atoms with van der Waals surface area (Å²) in [7, 11) is 0. The highest BCUT2D eigenvalue weighted by atomic mass is 19.4. The highest BCUT2D eigenvalue weighted by Gasteiger charge is 2.37. The second-order valence-corrected chi connectivity index (χ2v) is 8.11. The van der Waals surface area contributed by atoms with Gasteiger partial charge in [-0.2, -0.15) is 13.2 Å². The molecule has 0 aliphatic heterocycles. The Bertz CT molecular complexity index is 1070. The molecule has 0 aliphatic rings. The van der Waals surface area contributed by atoms with E-state index in [1.807, 2.05) is 32.0 Å². The van der Waals surface area contributed by atoms with Crippen LogP contribution in [0.1, 0.15) is 34.7 Å². The molecule has 0 bridgehead atoms. The summed E-state index contributed by atoms with van der Waals surface area (Å²) in [6, 6.07) is 19.2. The van der Waals surface area contributed by atoms with E-state index in [0.717, 1.165) is 23.3 Å². The lowest BCUT2D eigenvalue weighted by Gasteiger charge is -2.32. The van der Waals surface area contributed by atoms with Crippen molar-refractivity contribution in [2.45, 2.75) is 39.0 Å². The molecule has 6 heteroatoms. The molecule has 0 heterocycles. The minimum absolute atomic E-state index is 0.204. The number of carbonyl (C=O) groups excluding carboxylic acids is 1. The minimum Gasteiger partial charge on any atom is -0.376 e. The van der Waals surface area contributed by atoms with E-state index < -0.39 is 23.2 Å². The van der Waals surface area contributed by atoms with Crippen LogP contribution in [0.5, 0.6) is 0 Å². The van der Waals surface area contributed by atoms with Crippen molar-refractivity contribution >= 4 is 11.6 Å². The Balaban J connectivity index is 1.90. The summed E-state index contributed by atoms with van der Waals surface area (Å²) in [4.78, 5) is 15.0. The SMILES string of the molecule is Cc1ccc(N(CCc2ccc(C(F)(F)F)cc2)C(=O)[C@](C)(O)c2ccccc2)cc1C. The molecular formula is C26H26F3NO2. The van der Waals surface area contributed by atoms with Crippen molar-refractivity contribution < 1.29 is 23.1 Å². The molecule has 0 aliphatic carbocycles. The highest BCUT2D eigenvalue weighted by molar-refractivity contribution is 5.99. The van der Waals surface area contributed by atoms with E-state index in [4.69, 9.17) is 0 Å². The first-order valence-corrected chi connectivity index (χ1v) is 10.3. The molecule has 1 N–H and O–H groups in total. The number of aliphatic hydroxyl groups is 1. The molecule has 1 amide bonds. The van der Waals surface area contributed by atoms with Gasteiger partial charge in [-0.3, -0.25) is 4.79 Å². The number of anilines is 1. The van der Waals surface area contributed by atoms with Crippen molar-refractivity contribution in [2.24, 2.45) is 0 Å². The van der Waals surface area contributed by atoms with E-state index in [-0.39, 0.29) is 6.54 Å². The van der Waals surface area contributed by atoms with Crippen molar-refractivity contribution in [3.05, 3.63) is 101 Å². The van der Waals surface area contributed by atoms with Gasteiger partial charge in [-0.05, 0) is 73.7 Å². The van der Waals surface area contributed by atoms with Gasteiger partial charge in [0.05, 0.1) is 5.56 Å². The predicted octanol–water partition coefficient (Wildman–Crippen LogP) is 5.81. The van der Waals surface area contributed by atoms with E-state index in [0.29, 0.717) is 23.2 Å². The Hall–Kier alpha value is -3.12. The van der Waals surface area contributed by atoms with Gasteiger partial charge in [0.2, 0.25) is 0 Å². The maximum atomic E-state index is 13.5. The van der Waals surface area contributed by atoms with Crippen LogP contribution in [0.25, 0.3) is 0 Å². The molecule has 1 atom stereocenters. The van der Waals surface area contributed by atoms with Gasteiger partial charge < -0.3 is 10.0 Å². The van der Waals surface area contributed by atoms with E-state index in [2.05, 4.69) is 0 Å². The van der Waals surface area contributed by atoms with Crippen molar-refractivity contribution in [1.29, 1.82) is 0 Å². The van der Waals surface area contributed by atoms with Gasteiger partial charge in [0.15, 0.2) is 5.60 Å². The molecular weight excluding hydrogens is 415 g/mol. The average Bonchev–Trinajstić information content (AvgIpc) is 2.76. The molecule has 0 saturated heterocycles. The van der Waals surface area contributed by atoms with Gasteiger partial charge >= 0.3 is 6.18 Å². The molecule has 32 heavy (non-hydrogen) atoms. The Morgan fingerprint density at radius 3 is 2.06 bits per heavy atom. The summed E-state index contributed by atoms with van der Waals surface area (Å²) in [5.41, 5.74) is 1.34. The molecule has 3 nitrogen and oxygen atoms in total. The second kappa shape index (κ2) is 9.17. The molecule has 3 rings (SSSR count). The zero-order valence-corrected chi connectivity index (χ0v) is 18.3. The molecule has 3 aromatic rings. The highest BCUT2D eigenvalue weighted by Crippen LogP contribution is 2.30. The van der Waals surface area contributed by atoms with Crippen LogP contribution >= 0.6 is 0 Å². The molecule has 0 aromatic heterocycles. The fraction of sp³-hybridized carbons (Fsp3) is 0.269. The predicted molar refractivity (Wildman–Crippen MR) is 119 cm³/mol. The van der Waals surface area contributed by atoms with Crippen LogP contribution in [0.4, 0.5) is 18.9 Å². The first-order valence-electron chi connectivity index (χ1n) is 10.3. The third-order valence-electron chi connectivity index (χ3n) is 5.71. The quantitative estimate of drug-likeness (QED) is 0.525. The molecule has 0 saturated carbocycles. The van der Waals surface area contributed by atoms with E-state index in [1.165, 1.54) is 24.0 Å². The summed E-state index contributed by atoms with van der Waals surface area (Å²) < 4.78 is 38.5. The fourth-order valence-corrected chi connectivity index (χ4v) is 3.49. The number of nitrogens with zero attached hydrogens (tertiary/aromatic N) is 1. The maximum absolute atomic E-state index is 13.5. The summed E-state index contributed by atoms with van der Waals surface area (Å²) >= 11 is 0. The van der Waals surface area contributed by atoms with Gasteiger partial charge in [0.25, 0.3) is 5.91 Å². The number of hydrogen-bond donors (Lipinski definition) is 1. The van der Waals surface area contributed by atoms with Gasteiger partial charge in [0, 0.05) is 12.2 Å². The number of alkyl halides is 3. The molecule has 0 radical (unpaired) electrons. The molecule has 168 valence electrons. The van der Waals surface area contributed by atoms with E-state index in [9.17, 15) is 23.1 Å². The Morgan fingerprint density at radius 1 is 0.875 bits per heavy atom. The van der Waals surface area contributed by atoms with Crippen LogP contribution in [0, 0.1) is 13.8 Å². The fourth-order valence-electron chi connectivity index (χ4n) is 3.49. The topological polar surface area (TPSA) is 40.5 Å². The normalized spacial score (nSPS) is 13.5. The van der Waals surface area contributed by atoms with E-state index >= 15 is 0 Å². The monoisotopic (exact) mass is 441 g/mol. The first-order chi connectivity index (χ1) is 15.0. The number of halogens is 3. The first kappa shape index (κ1) is 23.5. The zero-order chi connectivity index (χ0) is 23.5. The third kappa shape index (κ3) is 5.19. The summed E-state index contributed by atoms with van der Waals surface area (Å²) in [5, 5.41) is 11.1. The maximum Gasteiger partial charge on any atom is 0.416 e. The number of aryl methyl sites for hydroxylation is 2. The van der Waals surface area contributed by atoms with Crippen molar-refractivity contribution in [3.63, 3.8) is 0 Å². The summed E-state index contributed by atoms with van der Waals surface area (Å²) in [5.74, 6) is -0.501. The molecule has 3 aromatic carbocycles. The number of benzene rings is 3. The van der Waals surface area contributed by atoms with Crippen molar-refractivity contribution in [1.82, 2.24) is 0 Å². The Morgan fingerprint density at radius 2 is 1.50 bits per heavy atom. The van der Waals surface area contributed by atoms with Crippen LogP contribution in [0.15, 0.2) is 72.8 Å². The van der Waals surface area contributed by atoms with Gasteiger partial charge in [-0.25, -0.2) is 0 Å². The number of rotatable bonds is 6. The number of carbonyl (C=O) groups is 1. The summed E-state index contributed by atoms with van der Waals surface area (Å²) in [6.45, 7) is 5.56. The second-order valence-electron chi connectivity index (χ2n) is 8.11. The lowest BCUT2D eigenvalue weighted by molar-refractivity contribution is -0.137. The van der Waals surface area contributed by atoms with Crippen LogP contribution in [-0.2, 0) is 23.0 Å².